The molecule has 0 bridgehead atoms. The molecule has 0 spiro atoms. The standard InChI is InChI=1S/C29H34N4O5S2/c1-31(2)18-9-19-33(29-30-26-24(37-4)16-17-25(38-5)27(26)39-29)28(34)22-12-14-23(15-13-22)40(35,36)32(3)20-21-10-7-6-8-11-21/h6-8,10-17H,9,18-20H2,1-5H3. The molecule has 4 aromatic rings. The molecule has 1 aromatic heterocycles. The van der Waals surface area contributed by atoms with Crippen LogP contribution in [0.5, 0.6) is 11.5 Å². The molecule has 212 valence electrons. The summed E-state index contributed by atoms with van der Waals surface area (Å²) < 4.78 is 39.5. The van der Waals surface area contributed by atoms with Crippen LogP contribution in [0.3, 0.4) is 0 Å². The molecule has 0 unspecified atom stereocenters. The van der Waals surface area contributed by atoms with E-state index in [2.05, 4.69) is 4.90 Å². The van der Waals surface area contributed by atoms with Crippen molar-refractivity contribution >= 4 is 42.6 Å². The molecule has 1 amide bonds. The highest BCUT2D eigenvalue weighted by molar-refractivity contribution is 7.89. The fraction of sp³-hybridized carbons (Fsp3) is 0.310. The molecule has 0 aliphatic rings. The van der Waals surface area contributed by atoms with E-state index in [4.69, 9.17) is 14.5 Å². The molecule has 0 saturated carbocycles. The van der Waals surface area contributed by atoms with E-state index >= 15 is 0 Å². The van der Waals surface area contributed by atoms with Crippen LogP contribution in [0.25, 0.3) is 10.2 Å². The number of anilines is 1. The van der Waals surface area contributed by atoms with Crippen LogP contribution in [-0.2, 0) is 16.6 Å². The predicted octanol–water partition coefficient (Wildman–Crippen LogP) is 4.73. The highest BCUT2D eigenvalue weighted by Crippen LogP contribution is 2.40. The molecule has 0 aliphatic heterocycles. The topological polar surface area (TPSA) is 92.3 Å². The normalized spacial score (nSPS) is 11.8. The summed E-state index contributed by atoms with van der Waals surface area (Å²) in [5.41, 5.74) is 1.88. The molecule has 4 rings (SSSR count). The van der Waals surface area contributed by atoms with Crippen molar-refractivity contribution in [2.24, 2.45) is 0 Å². The van der Waals surface area contributed by atoms with Gasteiger partial charge >= 0.3 is 0 Å². The van der Waals surface area contributed by atoms with E-state index in [0.29, 0.717) is 34.3 Å². The minimum atomic E-state index is -3.74. The van der Waals surface area contributed by atoms with Gasteiger partial charge in [0.15, 0.2) is 5.13 Å². The van der Waals surface area contributed by atoms with Gasteiger partial charge in [-0.2, -0.15) is 4.31 Å². The van der Waals surface area contributed by atoms with Gasteiger partial charge in [0.05, 0.1) is 19.1 Å². The fourth-order valence-corrected chi connectivity index (χ4v) is 6.51. The summed E-state index contributed by atoms with van der Waals surface area (Å²) in [5, 5.41) is 0.515. The molecule has 1 heterocycles. The van der Waals surface area contributed by atoms with E-state index in [-0.39, 0.29) is 17.3 Å². The zero-order valence-electron chi connectivity index (χ0n) is 23.3. The number of fused-ring (bicyclic) bond motifs is 1. The molecule has 0 aliphatic carbocycles. The van der Waals surface area contributed by atoms with E-state index in [1.54, 1.807) is 44.4 Å². The maximum absolute atomic E-state index is 13.8. The number of carbonyl (C=O) groups is 1. The van der Waals surface area contributed by atoms with Crippen molar-refractivity contribution in [1.29, 1.82) is 0 Å². The lowest BCUT2D eigenvalue weighted by Crippen LogP contribution is -2.33. The molecule has 0 saturated heterocycles. The van der Waals surface area contributed by atoms with E-state index in [9.17, 15) is 13.2 Å². The summed E-state index contributed by atoms with van der Waals surface area (Å²) in [4.78, 5) is 22.4. The third-order valence-corrected chi connectivity index (χ3v) is 9.33. The number of nitrogens with zero attached hydrogens (tertiary/aromatic N) is 4. The number of hydrogen-bond donors (Lipinski definition) is 0. The van der Waals surface area contributed by atoms with Gasteiger partial charge in [0, 0.05) is 25.7 Å². The van der Waals surface area contributed by atoms with Crippen LogP contribution in [0, 0.1) is 0 Å². The third kappa shape index (κ3) is 6.44. The number of carbonyl (C=O) groups excluding carboxylic acids is 1. The summed E-state index contributed by atoms with van der Waals surface area (Å²) in [7, 11) is 4.93. The number of benzene rings is 3. The number of sulfonamides is 1. The van der Waals surface area contributed by atoms with Crippen LogP contribution in [0.15, 0.2) is 71.6 Å². The lowest BCUT2D eigenvalue weighted by atomic mass is 10.2. The zero-order chi connectivity index (χ0) is 28.9. The number of rotatable bonds is 12. The summed E-state index contributed by atoms with van der Waals surface area (Å²) in [5.74, 6) is 0.972. The van der Waals surface area contributed by atoms with Crippen LogP contribution in [-0.4, -0.2) is 77.0 Å². The van der Waals surface area contributed by atoms with Crippen molar-refractivity contribution in [2.75, 3.05) is 53.4 Å². The Morgan fingerprint density at radius 2 is 1.52 bits per heavy atom. The molecule has 0 atom stereocenters. The number of thiazole rings is 1. The van der Waals surface area contributed by atoms with Crippen LogP contribution < -0.4 is 14.4 Å². The highest BCUT2D eigenvalue weighted by atomic mass is 32.2. The number of aromatic nitrogens is 1. The second kappa shape index (κ2) is 12.8. The molecule has 9 nitrogen and oxygen atoms in total. The molecule has 0 N–H and O–H groups in total. The Balaban J connectivity index is 1.63. The monoisotopic (exact) mass is 582 g/mol. The quantitative estimate of drug-likeness (QED) is 0.238. The van der Waals surface area contributed by atoms with Gasteiger partial charge in [-0.15, -0.1) is 0 Å². The third-order valence-electron chi connectivity index (χ3n) is 6.42. The molecule has 0 fully saturated rings. The first kappa shape index (κ1) is 29.5. The first-order chi connectivity index (χ1) is 19.1. The second-order valence-corrected chi connectivity index (χ2v) is 12.6. The Bertz CT molecular complexity index is 1510. The van der Waals surface area contributed by atoms with Gasteiger partial charge in [0.1, 0.15) is 21.7 Å². The van der Waals surface area contributed by atoms with Gasteiger partial charge in [-0.3, -0.25) is 9.69 Å². The summed E-state index contributed by atoms with van der Waals surface area (Å²) in [6.07, 6.45) is 0.722. The largest absolute Gasteiger partial charge is 0.495 e. The molecule has 11 heteroatoms. The van der Waals surface area contributed by atoms with Crippen molar-refractivity contribution < 1.29 is 22.7 Å². The Labute approximate surface area is 239 Å². The smallest absolute Gasteiger partial charge is 0.260 e. The van der Waals surface area contributed by atoms with Crippen molar-refractivity contribution in [3.63, 3.8) is 0 Å². The first-order valence-electron chi connectivity index (χ1n) is 12.7. The first-order valence-corrected chi connectivity index (χ1v) is 15.0. The molecular formula is C29H34N4O5S2. The average molecular weight is 583 g/mol. The summed E-state index contributed by atoms with van der Waals surface area (Å²) in [6, 6.07) is 19.1. The van der Waals surface area contributed by atoms with Crippen LogP contribution >= 0.6 is 11.3 Å². The van der Waals surface area contributed by atoms with E-state index in [0.717, 1.165) is 23.2 Å². The number of methoxy groups -OCH3 is 2. The van der Waals surface area contributed by atoms with Gasteiger partial charge < -0.3 is 14.4 Å². The average Bonchev–Trinajstić information content (AvgIpc) is 3.40. The molecule has 0 radical (unpaired) electrons. The maximum atomic E-state index is 13.8. The Morgan fingerprint density at radius 3 is 2.15 bits per heavy atom. The lowest BCUT2D eigenvalue weighted by Gasteiger charge is -2.21. The Morgan fingerprint density at radius 1 is 0.875 bits per heavy atom. The summed E-state index contributed by atoms with van der Waals surface area (Å²) >= 11 is 1.35. The van der Waals surface area contributed by atoms with Gasteiger partial charge in [0.25, 0.3) is 5.91 Å². The van der Waals surface area contributed by atoms with Crippen LogP contribution in [0.4, 0.5) is 5.13 Å². The van der Waals surface area contributed by atoms with E-state index in [1.165, 1.54) is 27.8 Å². The Hall–Kier alpha value is -3.51. The second-order valence-electron chi connectivity index (χ2n) is 9.53. The number of hydrogen-bond acceptors (Lipinski definition) is 8. The van der Waals surface area contributed by atoms with Gasteiger partial charge in [-0.25, -0.2) is 13.4 Å². The van der Waals surface area contributed by atoms with Crippen molar-refractivity contribution in [1.82, 2.24) is 14.2 Å². The molecule has 3 aromatic carbocycles. The molecular weight excluding hydrogens is 548 g/mol. The molecule has 40 heavy (non-hydrogen) atoms. The fourth-order valence-electron chi connectivity index (χ4n) is 4.25. The van der Waals surface area contributed by atoms with E-state index in [1.807, 2.05) is 50.5 Å². The predicted molar refractivity (Wildman–Crippen MR) is 159 cm³/mol. The van der Waals surface area contributed by atoms with Gasteiger partial charge in [0.2, 0.25) is 10.0 Å². The van der Waals surface area contributed by atoms with Crippen molar-refractivity contribution in [3.8, 4) is 11.5 Å². The van der Waals surface area contributed by atoms with Gasteiger partial charge in [-0.1, -0.05) is 41.7 Å². The van der Waals surface area contributed by atoms with Crippen molar-refractivity contribution in [3.05, 3.63) is 77.9 Å². The SMILES string of the molecule is COc1ccc(OC)c2sc(N(CCCN(C)C)C(=O)c3ccc(S(=O)(=O)N(C)Cc4ccccc4)cc3)nc12. The van der Waals surface area contributed by atoms with E-state index < -0.39 is 10.0 Å². The number of ether oxygens (including phenoxy) is 2. The summed E-state index contributed by atoms with van der Waals surface area (Å²) in [6.45, 7) is 1.46. The minimum Gasteiger partial charge on any atom is -0.495 e. The lowest BCUT2D eigenvalue weighted by molar-refractivity contribution is 0.0986. The van der Waals surface area contributed by atoms with Gasteiger partial charge in [-0.05, 0) is 69.0 Å². The minimum absolute atomic E-state index is 0.121. The maximum Gasteiger partial charge on any atom is 0.260 e. The van der Waals surface area contributed by atoms with Crippen LogP contribution in [0.1, 0.15) is 22.3 Å². The Kier molecular flexibility index (Phi) is 9.41. The van der Waals surface area contributed by atoms with Crippen molar-refractivity contribution in [2.45, 2.75) is 17.9 Å². The zero-order valence-corrected chi connectivity index (χ0v) is 25.0. The highest BCUT2D eigenvalue weighted by Gasteiger charge is 2.25. The van der Waals surface area contributed by atoms with Crippen LogP contribution in [0.2, 0.25) is 0 Å². The number of amides is 1.